The molecule has 3 aromatic rings. The van der Waals surface area contributed by atoms with E-state index in [0.29, 0.717) is 22.8 Å². The van der Waals surface area contributed by atoms with Gasteiger partial charge in [-0.1, -0.05) is 48.5 Å². The Balaban J connectivity index is 1.65. The van der Waals surface area contributed by atoms with Crippen LogP contribution in [0.4, 0.5) is 0 Å². The summed E-state index contributed by atoms with van der Waals surface area (Å²) in [7, 11) is 0. The minimum Gasteiger partial charge on any atom is -0.380 e. The van der Waals surface area contributed by atoms with E-state index < -0.39 is 12.4 Å². The zero-order valence-corrected chi connectivity index (χ0v) is 16.2. The number of para-hydroxylation sites is 1. The summed E-state index contributed by atoms with van der Waals surface area (Å²) in [6.45, 7) is 0.317. The number of carbonyl (C=O) groups is 1. The topological polar surface area (TPSA) is 78.5 Å². The van der Waals surface area contributed by atoms with Gasteiger partial charge >= 0.3 is 0 Å². The van der Waals surface area contributed by atoms with Crippen LogP contribution in [0, 0.1) is 4.77 Å². The fourth-order valence-electron chi connectivity index (χ4n) is 3.86. The third-order valence-electron chi connectivity index (χ3n) is 5.33. The number of hydrogen-bond acceptors (Lipinski definition) is 6. The van der Waals surface area contributed by atoms with E-state index >= 15 is 0 Å². The lowest BCUT2D eigenvalue weighted by Crippen LogP contribution is -2.37. The molecule has 0 spiro atoms. The van der Waals surface area contributed by atoms with Gasteiger partial charge in [-0.2, -0.15) is 5.10 Å². The molecular weight excluding hydrogens is 390 g/mol. The minimum absolute atomic E-state index is 0.120. The number of carbonyl (C=O) groups excluding carboxylic acids is 1. The predicted molar refractivity (Wildman–Crippen MR) is 106 cm³/mol. The van der Waals surface area contributed by atoms with Gasteiger partial charge in [-0.05, 0) is 29.9 Å². The molecule has 0 aliphatic carbocycles. The summed E-state index contributed by atoms with van der Waals surface area (Å²) in [6, 6.07) is 18.4. The molecule has 2 fully saturated rings. The number of aliphatic hydroxyl groups is 1. The Kier molecular flexibility index (Phi) is 4.63. The number of nitrogens with zero attached hydrogens (tertiary/aromatic N) is 3. The molecular formula is C21H19N3O4S. The van der Waals surface area contributed by atoms with Gasteiger partial charge in [0.1, 0.15) is 12.2 Å². The van der Waals surface area contributed by atoms with Crippen LogP contribution in [-0.4, -0.2) is 44.2 Å². The second kappa shape index (κ2) is 7.31. The Morgan fingerprint density at radius 1 is 1.10 bits per heavy atom. The van der Waals surface area contributed by atoms with Crippen LogP contribution >= 0.6 is 12.2 Å². The molecule has 1 aromatic heterocycles. The number of aromatic nitrogens is 3. The summed E-state index contributed by atoms with van der Waals surface area (Å²) >= 11 is 5.74. The number of Topliss-reactive ketones (excluding diaryl/α,β-unsaturated/α-hetero) is 1. The van der Waals surface area contributed by atoms with Crippen LogP contribution in [0.15, 0.2) is 60.7 Å². The van der Waals surface area contributed by atoms with Gasteiger partial charge in [-0.25, -0.2) is 4.68 Å². The van der Waals surface area contributed by atoms with E-state index in [9.17, 15) is 9.90 Å². The first kappa shape index (κ1) is 18.4. The first-order valence-corrected chi connectivity index (χ1v) is 9.84. The maximum absolute atomic E-state index is 12.3. The van der Waals surface area contributed by atoms with Gasteiger partial charge in [0, 0.05) is 12.1 Å². The number of rotatable bonds is 4. The highest BCUT2D eigenvalue weighted by Crippen LogP contribution is 2.34. The smallest absolute Gasteiger partial charge is 0.218 e. The lowest BCUT2D eigenvalue weighted by molar-refractivity contribution is -0.156. The molecule has 4 atom stereocenters. The third-order valence-corrected chi connectivity index (χ3v) is 5.70. The molecule has 0 unspecified atom stereocenters. The highest BCUT2D eigenvalue weighted by atomic mass is 32.1. The van der Waals surface area contributed by atoms with Crippen molar-refractivity contribution in [2.24, 2.45) is 0 Å². The SMILES string of the molecule is O=C1C[C@H](n2nc([C@H](O)c3ccccc3)n(-c3ccccc3)c2=S)[C@H]2CO[C@H]1O2. The maximum atomic E-state index is 12.3. The summed E-state index contributed by atoms with van der Waals surface area (Å²) in [5.74, 6) is 0.269. The molecule has 1 N–H and O–H groups in total. The molecule has 2 bridgehead atoms. The number of ether oxygens (including phenoxy) is 2. The Bertz CT molecular complexity index is 1100. The molecule has 29 heavy (non-hydrogen) atoms. The van der Waals surface area contributed by atoms with Crippen LogP contribution in [0.5, 0.6) is 0 Å². The average molecular weight is 409 g/mol. The van der Waals surface area contributed by atoms with Crippen molar-refractivity contribution in [1.82, 2.24) is 14.3 Å². The van der Waals surface area contributed by atoms with Crippen molar-refractivity contribution in [3.05, 3.63) is 76.8 Å². The van der Waals surface area contributed by atoms with Crippen LogP contribution in [0.25, 0.3) is 5.69 Å². The first-order valence-electron chi connectivity index (χ1n) is 9.43. The molecule has 2 saturated heterocycles. The van der Waals surface area contributed by atoms with Gasteiger partial charge in [-0.15, -0.1) is 0 Å². The molecule has 2 aromatic carbocycles. The standard InChI is InChI=1S/C21H19N3O4S/c25-16-11-15(17-12-27-20(16)28-17)24-21(29)23(14-9-5-2-6-10-14)19(22-24)18(26)13-7-3-1-4-8-13/h1-10,15,17-18,20,26H,11-12H2/t15-,17+,18+,20-/m0/s1. The second-order valence-corrected chi connectivity index (χ2v) is 7.51. The van der Waals surface area contributed by atoms with Crippen molar-refractivity contribution in [3.63, 3.8) is 0 Å². The highest BCUT2D eigenvalue weighted by molar-refractivity contribution is 7.71. The molecule has 7 nitrogen and oxygen atoms in total. The summed E-state index contributed by atoms with van der Waals surface area (Å²) in [5.41, 5.74) is 1.49. The summed E-state index contributed by atoms with van der Waals surface area (Å²) in [4.78, 5) is 12.3. The van der Waals surface area contributed by atoms with E-state index in [0.717, 1.165) is 5.69 Å². The number of hydrogen-bond donors (Lipinski definition) is 1. The molecule has 0 amide bonds. The van der Waals surface area contributed by atoms with Gasteiger partial charge in [0.15, 0.2) is 11.6 Å². The lowest BCUT2D eigenvalue weighted by Gasteiger charge is -2.26. The van der Waals surface area contributed by atoms with Crippen molar-refractivity contribution >= 4 is 18.0 Å². The van der Waals surface area contributed by atoms with Crippen LogP contribution in [0.3, 0.4) is 0 Å². The van der Waals surface area contributed by atoms with Crippen molar-refractivity contribution in [2.45, 2.75) is 31.0 Å². The first-order chi connectivity index (χ1) is 14.1. The Morgan fingerprint density at radius 3 is 2.52 bits per heavy atom. The van der Waals surface area contributed by atoms with Crippen LogP contribution in [0.2, 0.25) is 0 Å². The van der Waals surface area contributed by atoms with Crippen LogP contribution in [-0.2, 0) is 14.3 Å². The molecule has 5 rings (SSSR count). The molecule has 8 heteroatoms. The normalized spacial score (nSPS) is 24.6. The van der Waals surface area contributed by atoms with E-state index in [1.165, 1.54) is 0 Å². The van der Waals surface area contributed by atoms with Gasteiger partial charge in [0.05, 0.1) is 12.6 Å². The van der Waals surface area contributed by atoms with Crippen molar-refractivity contribution in [1.29, 1.82) is 0 Å². The zero-order valence-electron chi connectivity index (χ0n) is 15.4. The monoisotopic (exact) mass is 409 g/mol. The molecule has 148 valence electrons. The van der Waals surface area contributed by atoms with Crippen LogP contribution in [0.1, 0.15) is 30.0 Å². The highest BCUT2D eigenvalue weighted by Gasteiger charge is 2.45. The molecule has 2 aliphatic rings. The summed E-state index contributed by atoms with van der Waals surface area (Å²) < 4.78 is 14.9. The van der Waals surface area contributed by atoms with E-state index in [2.05, 4.69) is 5.10 Å². The van der Waals surface area contributed by atoms with Crippen molar-refractivity contribution in [3.8, 4) is 5.69 Å². The average Bonchev–Trinajstić information content (AvgIpc) is 3.34. The van der Waals surface area contributed by atoms with E-state index in [1.807, 2.05) is 60.7 Å². The Labute approximate surface area is 172 Å². The number of benzene rings is 2. The number of aliphatic hydroxyl groups excluding tert-OH is 1. The molecule has 3 heterocycles. The Morgan fingerprint density at radius 2 is 1.79 bits per heavy atom. The maximum Gasteiger partial charge on any atom is 0.218 e. The zero-order chi connectivity index (χ0) is 20.0. The number of ketones is 1. The van der Waals surface area contributed by atoms with Gasteiger partial charge < -0.3 is 14.6 Å². The molecule has 2 aliphatic heterocycles. The Hall–Kier alpha value is -2.65. The number of fused-ring (bicyclic) bond motifs is 2. The minimum atomic E-state index is -0.979. The van der Waals surface area contributed by atoms with Crippen molar-refractivity contribution in [2.75, 3.05) is 6.61 Å². The third kappa shape index (κ3) is 3.14. The molecule has 0 radical (unpaired) electrons. The van der Waals surface area contributed by atoms with Gasteiger partial charge in [0.25, 0.3) is 0 Å². The van der Waals surface area contributed by atoms with Crippen molar-refractivity contribution < 1.29 is 19.4 Å². The van der Waals surface area contributed by atoms with Gasteiger partial charge in [0.2, 0.25) is 11.1 Å². The van der Waals surface area contributed by atoms with E-state index in [1.54, 1.807) is 9.25 Å². The summed E-state index contributed by atoms with van der Waals surface area (Å²) in [6.07, 6.45) is -1.83. The van der Waals surface area contributed by atoms with E-state index in [-0.39, 0.29) is 24.3 Å². The lowest BCUT2D eigenvalue weighted by atomic mass is 10.0. The predicted octanol–water partition coefficient (Wildman–Crippen LogP) is 2.74. The molecule has 0 saturated carbocycles. The largest absolute Gasteiger partial charge is 0.380 e. The van der Waals surface area contributed by atoms with E-state index in [4.69, 9.17) is 21.7 Å². The quantitative estimate of drug-likeness (QED) is 0.668. The fraction of sp³-hybridized carbons (Fsp3) is 0.286. The van der Waals surface area contributed by atoms with Gasteiger partial charge in [-0.3, -0.25) is 9.36 Å². The second-order valence-electron chi connectivity index (χ2n) is 7.15. The fourth-order valence-corrected chi connectivity index (χ4v) is 4.24. The summed E-state index contributed by atoms with van der Waals surface area (Å²) in [5, 5.41) is 15.8. The van der Waals surface area contributed by atoms with Crippen LogP contribution < -0.4 is 0 Å².